The summed E-state index contributed by atoms with van der Waals surface area (Å²) in [5, 5.41) is 18.1. The second-order valence-corrected chi connectivity index (χ2v) is 5.30. The molecule has 1 aliphatic rings. The first-order valence-electron chi connectivity index (χ1n) is 7.04. The lowest BCUT2D eigenvalue weighted by Gasteiger charge is -2.05. The molecule has 20 heavy (non-hydrogen) atoms. The minimum atomic E-state index is -0.439. The van der Waals surface area contributed by atoms with Gasteiger partial charge >= 0.3 is 0 Å². The zero-order chi connectivity index (χ0) is 14.0. The van der Waals surface area contributed by atoms with Crippen LogP contribution in [0.4, 0.5) is 0 Å². The Bertz CT molecular complexity index is 573. The predicted molar refractivity (Wildman–Crippen MR) is 75.4 cm³/mol. The molecule has 3 rings (SSSR count). The number of nitrogens with zero attached hydrogens (tertiary/aromatic N) is 3. The summed E-state index contributed by atoms with van der Waals surface area (Å²) in [7, 11) is 0. The van der Waals surface area contributed by atoms with Crippen molar-refractivity contribution in [3.8, 4) is 17.0 Å². The lowest BCUT2D eigenvalue weighted by atomic mass is 10.1. The number of aromatic nitrogens is 3. The SMILES string of the molecule is CCOc1ccc(-c2cn(CCC3(O)CC3)nn2)cc1. The van der Waals surface area contributed by atoms with Crippen molar-refractivity contribution in [1.29, 1.82) is 0 Å². The van der Waals surface area contributed by atoms with E-state index in [4.69, 9.17) is 4.74 Å². The average molecular weight is 273 g/mol. The van der Waals surface area contributed by atoms with E-state index >= 15 is 0 Å². The molecule has 1 heterocycles. The summed E-state index contributed by atoms with van der Waals surface area (Å²) < 4.78 is 7.21. The Morgan fingerprint density at radius 2 is 2.05 bits per heavy atom. The molecule has 1 N–H and O–H groups in total. The van der Waals surface area contributed by atoms with Crippen molar-refractivity contribution in [3.05, 3.63) is 30.5 Å². The average Bonchev–Trinajstić information content (AvgIpc) is 3.02. The van der Waals surface area contributed by atoms with E-state index in [9.17, 15) is 5.11 Å². The van der Waals surface area contributed by atoms with E-state index < -0.39 is 5.60 Å². The first-order chi connectivity index (χ1) is 9.68. The third kappa shape index (κ3) is 2.99. The Kier molecular flexibility index (Phi) is 3.44. The monoisotopic (exact) mass is 273 g/mol. The Labute approximate surface area is 118 Å². The Morgan fingerprint density at radius 1 is 1.30 bits per heavy atom. The highest BCUT2D eigenvalue weighted by Gasteiger charge is 2.39. The van der Waals surface area contributed by atoms with Crippen molar-refractivity contribution >= 4 is 0 Å². The molecule has 0 bridgehead atoms. The molecule has 0 radical (unpaired) electrons. The van der Waals surface area contributed by atoms with Gasteiger partial charge in [0.15, 0.2) is 0 Å². The van der Waals surface area contributed by atoms with Crippen molar-refractivity contribution in [2.45, 2.75) is 38.3 Å². The van der Waals surface area contributed by atoms with Gasteiger partial charge in [-0.05, 0) is 50.5 Å². The van der Waals surface area contributed by atoms with Gasteiger partial charge in [-0.15, -0.1) is 5.10 Å². The Morgan fingerprint density at radius 3 is 2.70 bits per heavy atom. The Hall–Kier alpha value is -1.88. The molecule has 1 aliphatic carbocycles. The van der Waals surface area contributed by atoms with Crippen LogP contribution in [0.15, 0.2) is 30.5 Å². The molecule has 1 saturated carbocycles. The highest BCUT2D eigenvalue weighted by Crippen LogP contribution is 2.38. The molecular formula is C15H19N3O2. The zero-order valence-corrected chi connectivity index (χ0v) is 11.6. The second kappa shape index (κ2) is 5.25. The van der Waals surface area contributed by atoms with E-state index in [0.717, 1.165) is 36.3 Å². The van der Waals surface area contributed by atoms with E-state index in [-0.39, 0.29) is 0 Å². The maximum absolute atomic E-state index is 9.82. The number of aliphatic hydroxyl groups is 1. The van der Waals surface area contributed by atoms with Crippen LogP contribution in [-0.4, -0.2) is 32.3 Å². The van der Waals surface area contributed by atoms with Gasteiger partial charge in [0.2, 0.25) is 0 Å². The van der Waals surface area contributed by atoms with Crippen LogP contribution in [-0.2, 0) is 6.54 Å². The molecule has 5 heteroatoms. The van der Waals surface area contributed by atoms with Gasteiger partial charge in [-0.3, -0.25) is 4.68 Å². The standard InChI is InChI=1S/C15H19N3O2/c1-2-20-13-5-3-12(4-6-13)14-11-18(17-16-14)10-9-15(19)7-8-15/h3-6,11,19H,2,7-10H2,1H3. The quantitative estimate of drug-likeness (QED) is 0.877. The first-order valence-corrected chi connectivity index (χ1v) is 7.04. The van der Waals surface area contributed by atoms with Gasteiger partial charge in [0.05, 0.1) is 18.4 Å². The molecule has 1 aromatic carbocycles. The molecule has 1 aromatic heterocycles. The number of hydrogen-bond donors (Lipinski definition) is 1. The minimum Gasteiger partial charge on any atom is -0.494 e. The third-order valence-corrected chi connectivity index (χ3v) is 3.63. The predicted octanol–water partition coefficient (Wildman–Crippen LogP) is 2.26. The van der Waals surface area contributed by atoms with Gasteiger partial charge < -0.3 is 9.84 Å². The largest absolute Gasteiger partial charge is 0.494 e. The van der Waals surface area contributed by atoms with Gasteiger partial charge in [-0.1, -0.05) is 5.21 Å². The molecule has 0 unspecified atom stereocenters. The lowest BCUT2D eigenvalue weighted by molar-refractivity contribution is 0.132. The molecule has 2 aromatic rings. The van der Waals surface area contributed by atoms with Crippen LogP contribution in [0.1, 0.15) is 26.2 Å². The van der Waals surface area contributed by atoms with Crippen LogP contribution in [0.3, 0.4) is 0 Å². The minimum absolute atomic E-state index is 0.439. The van der Waals surface area contributed by atoms with E-state index in [1.807, 2.05) is 37.4 Å². The van der Waals surface area contributed by atoms with Crippen molar-refractivity contribution in [1.82, 2.24) is 15.0 Å². The number of hydrogen-bond acceptors (Lipinski definition) is 4. The molecule has 0 saturated heterocycles. The number of ether oxygens (including phenoxy) is 1. The van der Waals surface area contributed by atoms with Crippen molar-refractivity contribution < 1.29 is 9.84 Å². The maximum Gasteiger partial charge on any atom is 0.119 e. The number of rotatable bonds is 6. The summed E-state index contributed by atoms with van der Waals surface area (Å²) in [5.41, 5.74) is 1.42. The summed E-state index contributed by atoms with van der Waals surface area (Å²) in [6, 6.07) is 7.83. The molecule has 0 aliphatic heterocycles. The fourth-order valence-corrected chi connectivity index (χ4v) is 2.15. The Balaban J connectivity index is 1.66. The van der Waals surface area contributed by atoms with Crippen LogP contribution in [0.2, 0.25) is 0 Å². The summed E-state index contributed by atoms with van der Waals surface area (Å²) in [4.78, 5) is 0. The zero-order valence-electron chi connectivity index (χ0n) is 11.6. The van der Waals surface area contributed by atoms with Gasteiger partial charge in [0, 0.05) is 12.1 Å². The topological polar surface area (TPSA) is 60.2 Å². The van der Waals surface area contributed by atoms with Crippen LogP contribution in [0.5, 0.6) is 5.75 Å². The number of benzene rings is 1. The van der Waals surface area contributed by atoms with Crippen molar-refractivity contribution in [2.75, 3.05) is 6.61 Å². The van der Waals surface area contributed by atoms with Crippen LogP contribution in [0.25, 0.3) is 11.3 Å². The highest BCUT2D eigenvalue weighted by atomic mass is 16.5. The van der Waals surface area contributed by atoms with Crippen molar-refractivity contribution in [2.24, 2.45) is 0 Å². The second-order valence-electron chi connectivity index (χ2n) is 5.30. The molecule has 0 atom stereocenters. The maximum atomic E-state index is 9.82. The molecule has 1 fully saturated rings. The van der Waals surface area contributed by atoms with E-state index in [0.29, 0.717) is 13.2 Å². The summed E-state index contributed by atoms with van der Waals surface area (Å²) in [5.74, 6) is 0.861. The number of aryl methyl sites for hydroxylation is 1. The van der Waals surface area contributed by atoms with Crippen LogP contribution < -0.4 is 4.74 Å². The molecule has 5 nitrogen and oxygen atoms in total. The molecule has 0 amide bonds. The van der Waals surface area contributed by atoms with Gasteiger partial charge in [-0.25, -0.2) is 0 Å². The summed E-state index contributed by atoms with van der Waals surface area (Å²) >= 11 is 0. The highest BCUT2D eigenvalue weighted by molar-refractivity contribution is 5.58. The third-order valence-electron chi connectivity index (χ3n) is 3.63. The van der Waals surface area contributed by atoms with Crippen LogP contribution in [0, 0.1) is 0 Å². The molecular weight excluding hydrogens is 254 g/mol. The van der Waals surface area contributed by atoms with Gasteiger partial charge in [0.1, 0.15) is 11.4 Å². The summed E-state index contributed by atoms with van der Waals surface area (Å²) in [6.07, 6.45) is 4.49. The van der Waals surface area contributed by atoms with E-state index in [1.165, 1.54) is 0 Å². The lowest BCUT2D eigenvalue weighted by Crippen LogP contribution is -2.11. The summed E-state index contributed by atoms with van der Waals surface area (Å²) in [6.45, 7) is 3.34. The van der Waals surface area contributed by atoms with E-state index in [1.54, 1.807) is 4.68 Å². The van der Waals surface area contributed by atoms with Gasteiger partial charge in [-0.2, -0.15) is 0 Å². The fraction of sp³-hybridized carbons (Fsp3) is 0.467. The fourth-order valence-electron chi connectivity index (χ4n) is 2.15. The van der Waals surface area contributed by atoms with Crippen LogP contribution >= 0.6 is 0 Å². The van der Waals surface area contributed by atoms with Crippen molar-refractivity contribution in [3.63, 3.8) is 0 Å². The molecule has 106 valence electrons. The molecule has 0 spiro atoms. The normalized spacial score (nSPS) is 16.1. The van der Waals surface area contributed by atoms with Gasteiger partial charge in [0.25, 0.3) is 0 Å². The first kappa shape index (κ1) is 13.1. The smallest absolute Gasteiger partial charge is 0.119 e. The van der Waals surface area contributed by atoms with E-state index in [2.05, 4.69) is 10.3 Å².